The fraction of sp³-hybridized carbons (Fsp3) is 0.900. The quantitative estimate of drug-likeness (QED) is 0.697. The minimum Gasteiger partial charge on any atom is -0.481 e. The van der Waals surface area contributed by atoms with Gasteiger partial charge in [0.2, 0.25) is 0 Å². The van der Waals surface area contributed by atoms with E-state index < -0.39 is 11.4 Å². The lowest BCUT2D eigenvalue weighted by molar-refractivity contribution is -0.178. The van der Waals surface area contributed by atoms with Crippen LogP contribution in [0.5, 0.6) is 0 Å². The van der Waals surface area contributed by atoms with Gasteiger partial charge in [0.25, 0.3) is 0 Å². The molecule has 2 rings (SSSR count). The Kier molecular flexibility index (Phi) is 2.74. The monoisotopic (exact) mass is 199 g/mol. The molecule has 1 aliphatic carbocycles. The molecule has 0 aromatic carbocycles. The molecule has 2 N–H and O–H groups in total. The standard InChI is InChI=1S/C10H17NO3/c12-9(13)10(6-14-7-10)5-11-8-3-1-2-4-8/h8,11H,1-7H2,(H,12,13). The molecule has 0 amide bonds. The van der Waals surface area contributed by atoms with Crippen molar-refractivity contribution in [1.82, 2.24) is 5.32 Å². The Morgan fingerprint density at radius 1 is 1.43 bits per heavy atom. The van der Waals surface area contributed by atoms with Crippen LogP contribution in [0.3, 0.4) is 0 Å². The Morgan fingerprint density at radius 2 is 2.07 bits per heavy atom. The molecule has 14 heavy (non-hydrogen) atoms. The average molecular weight is 199 g/mol. The number of hydrogen-bond donors (Lipinski definition) is 2. The average Bonchev–Trinajstić information content (AvgIpc) is 2.53. The molecule has 4 nitrogen and oxygen atoms in total. The summed E-state index contributed by atoms with van der Waals surface area (Å²) in [5, 5.41) is 12.4. The van der Waals surface area contributed by atoms with Gasteiger partial charge in [-0.25, -0.2) is 0 Å². The summed E-state index contributed by atoms with van der Waals surface area (Å²) in [5.41, 5.74) is -0.636. The van der Waals surface area contributed by atoms with E-state index in [0.717, 1.165) is 0 Å². The molecular formula is C10H17NO3. The fourth-order valence-electron chi connectivity index (χ4n) is 2.12. The van der Waals surface area contributed by atoms with Gasteiger partial charge in [0.05, 0.1) is 13.2 Å². The second kappa shape index (κ2) is 3.87. The molecule has 0 spiro atoms. The Bertz CT molecular complexity index is 219. The zero-order valence-electron chi connectivity index (χ0n) is 8.29. The van der Waals surface area contributed by atoms with Crippen molar-refractivity contribution in [3.63, 3.8) is 0 Å². The first-order valence-electron chi connectivity index (χ1n) is 5.27. The smallest absolute Gasteiger partial charge is 0.315 e. The summed E-state index contributed by atoms with van der Waals surface area (Å²) in [6, 6.07) is 0.534. The van der Waals surface area contributed by atoms with Crippen molar-refractivity contribution in [2.45, 2.75) is 31.7 Å². The number of aliphatic carboxylic acids is 1. The van der Waals surface area contributed by atoms with Crippen LogP contribution in [0.4, 0.5) is 0 Å². The van der Waals surface area contributed by atoms with Gasteiger partial charge < -0.3 is 15.2 Å². The Hall–Kier alpha value is -0.610. The molecule has 1 saturated heterocycles. The van der Waals surface area contributed by atoms with Crippen LogP contribution in [-0.4, -0.2) is 36.9 Å². The molecule has 80 valence electrons. The van der Waals surface area contributed by atoms with Crippen molar-refractivity contribution in [3.8, 4) is 0 Å². The summed E-state index contributed by atoms with van der Waals surface area (Å²) >= 11 is 0. The third-order valence-corrected chi connectivity index (χ3v) is 3.29. The van der Waals surface area contributed by atoms with E-state index in [-0.39, 0.29) is 0 Å². The van der Waals surface area contributed by atoms with E-state index in [1.807, 2.05) is 0 Å². The molecule has 0 bridgehead atoms. The Labute approximate surface area is 83.6 Å². The predicted octanol–water partition coefficient (Wildman–Crippen LogP) is 0.620. The van der Waals surface area contributed by atoms with E-state index in [4.69, 9.17) is 9.84 Å². The first-order valence-corrected chi connectivity index (χ1v) is 5.27. The van der Waals surface area contributed by atoms with E-state index in [1.165, 1.54) is 25.7 Å². The molecule has 2 aliphatic rings. The maximum Gasteiger partial charge on any atom is 0.315 e. The second-order valence-corrected chi connectivity index (χ2v) is 4.44. The molecular weight excluding hydrogens is 182 g/mol. The van der Waals surface area contributed by atoms with Crippen molar-refractivity contribution in [2.24, 2.45) is 5.41 Å². The van der Waals surface area contributed by atoms with Gasteiger partial charge in [0.1, 0.15) is 5.41 Å². The van der Waals surface area contributed by atoms with Crippen molar-refractivity contribution in [1.29, 1.82) is 0 Å². The minimum absolute atomic E-state index is 0.363. The summed E-state index contributed by atoms with van der Waals surface area (Å²) < 4.78 is 4.99. The van der Waals surface area contributed by atoms with Crippen LogP contribution in [0.15, 0.2) is 0 Å². The fourth-order valence-corrected chi connectivity index (χ4v) is 2.12. The molecule has 0 radical (unpaired) electrons. The predicted molar refractivity (Wildman–Crippen MR) is 51.1 cm³/mol. The van der Waals surface area contributed by atoms with Gasteiger partial charge in [0.15, 0.2) is 0 Å². The molecule has 1 aliphatic heterocycles. The van der Waals surface area contributed by atoms with Crippen molar-refractivity contribution in [3.05, 3.63) is 0 Å². The van der Waals surface area contributed by atoms with Gasteiger partial charge in [-0.15, -0.1) is 0 Å². The van der Waals surface area contributed by atoms with Crippen molar-refractivity contribution < 1.29 is 14.6 Å². The summed E-state index contributed by atoms with van der Waals surface area (Å²) in [7, 11) is 0. The van der Waals surface area contributed by atoms with Crippen LogP contribution in [0, 0.1) is 5.41 Å². The minimum atomic E-state index is -0.728. The SMILES string of the molecule is O=C(O)C1(CNC2CCCC2)COC1. The largest absolute Gasteiger partial charge is 0.481 e. The number of rotatable bonds is 4. The topological polar surface area (TPSA) is 58.6 Å². The lowest BCUT2D eigenvalue weighted by Gasteiger charge is -2.38. The molecule has 0 aromatic heterocycles. The molecule has 0 unspecified atom stereocenters. The van der Waals surface area contributed by atoms with Crippen molar-refractivity contribution >= 4 is 5.97 Å². The highest BCUT2D eigenvalue weighted by Crippen LogP contribution is 2.28. The summed E-state index contributed by atoms with van der Waals surface area (Å²) in [6.07, 6.45) is 4.93. The third-order valence-electron chi connectivity index (χ3n) is 3.29. The van der Waals surface area contributed by atoms with E-state index >= 15 is 0 Å². The number of carboxylic acid groups (broad SMARTS) is 1. The van der Waals surface area contributed by atoms with E-state index in [0.29, 0.717) is 25.8 Å². The van der Waals surface area contributed by atoms with Crippen LogP contribution in [0.1, 0.15) is 25.7 Å². The zero-order valence-corrected chi connectivity index (χ0v) is 8.29. The molecule has 2 fully saturated rings. The van der Waals surface area contributed by atoms with Crippen LogP contribution in [0.2, 0.25) is 0 Å². The molecule has 1 heterocycles. The van der Waals surface area contributed by atoms with Gasteiger partial charge in [-0.1, -0.05) is 12.8 Å². The van der Waals surface area contributed by atoms with Gasteiger partial charge in [-0.3, -0.25) is 4.79 Å². The van der Waals surface area contributed by atoms with Gasteiger partial charge in [-0.05, 0) is 12.8 Å². The van der Waals surface area contributed by atoms with Gasteiger partial charge in [0, 0.05) is 12.6 Å². The Balaban J connectivity index is 1.80. The summed E-state index contributed by atoms with van der Waals surface area (Å²) in [4.78, 5) is 11.0. The van der Waals surface area contributed by atoms with Crippen LogP contribution < -0.4 is 5.32 Å². The van der Waals surface area contributed by atoms with Crippen molar-refractivity contribution in [2.75, 3.05) is 19.8 Å². The maximum atomic E-state index is 11.0. The number of carbonyl (C=O) groups is 1. The first kappa shape index (κ1) is 9.93. The highest BCUT2D eigenvalue weighted by Gasteiger charge is 2.46. The maximum absolute atomic E-state index is 11.0. The normalized spacial score (nSPS) is 26.0. The summed E-state index contributed by atoms with van der Waals surface area (Å²) in [5.74, 6) is -0.728. The van der Waals surface area contributed by atoms with E-state index in [9.17, 15) is 4.79 Å². The number of hydrogen-bond acceptors (Lipinski definition) is 3. The molecule has 1 saturated carbocycles. The summed E-state index contributed by atoms with van der Waals surface area (Å²) in [6.45, 7) is 1.29. The highest BCUT2D eigenvalue weighted by molar-refractivity contribution is 5.76. The molecule has 0 atom stereocenters. The van der Waals surface area contributed by atoms with Crippen LogP contribution >= 0.6 is 0 Å². The van der Waals surface area contributed by atoms with E-state index in [1.54, 1.807) is 0 Å². The number of ether oxygens (including phenoxy) is 1. The highest BCUT2D eigenvalue weighted by atomic mass is 16.5. The third kappa shape index (κ3) is 1.77. The van der Waals surface area contributed by atoms with E-state index in [2.05, 4.69) is 5.32 Å². The Morgan fingerprint density at radius 3 is 2.50 bits per heavy atom. The van der Waals surface area contributed by atoms with Gasteiger partial charge in [-0.2, -0.15) is 0 Å². The molecule has 4 heteroatoms. The first-order chi connectivity index (χ1) is 6.73. The van der Waals surface area contributed by atoms with Gasteiger partial charge >= 0.3 is 5.97 Å². The number of nitrogens with one attached hydrogen (secondary N) is 1. The van der Waals surface area contributed by atoms with Crippen LogP contribution in [0.25, 0.3) is 0 Å². The zero-order chi connectivity index (χ0) is 10.0. The lowest BCUT2D eigenvalue weighted by atomic mass is 9.86. The molecule has 0 aromatic rings. The van der Waals surface area contributed by atoms with Crippen LogP contribution in [-0.2, 0) is 9.53 Å². The second-order valence-electron chi connectivity index (χ2n) is 4.44. The lowest BCUT2D eigenvalue weighted by Crippen LogP contribution is -2.56. The number of carboxylic acids is 1.